The monoisotopic (exact) mass is 390 g/mol. The van der Waals surface area contributed by atoms with Gasteiger partial charge in [-0.25, -0.2) is 0 Å². The number of rotatable bonds is 6. The van der Waals surface area contributed by atoms with Crippen molar-refractivity contribution in [1.29, 1.82) is 0 Å². The van der Waals surface area contributed by atoms with Crippen molar-refractivity contribution in [3.63, 3.8) is 0 Å². The number of hydrogen-bond donors (Lipinski definition) is 0. The Hall–Kier alpha value is -3.15. The molecule has 1 aliphatic rings. The fourth-order valence-corrected chi connectivity index (χ4v) is 3.76. The summed E-state index contributed by atoms with van der Waals surface area (Å²) in [5.74, 6) is 1.52. The Labute approximate surface area is 171 Å². The molecule has 0 saturated carbocycles. The number of nitrogens with zero attached hydrogens (tertiary/aromatic N) is 4. The van der Waals surface area contributed by atoms with Gasteiger partial charge in [0.2, 0.25) is 5.91 Å². The van der Waals surface area contributed by atoms with E-state index in [0.717, 1.165) is 11.3 Å². The largest absolute Gasteiger partial charge is 0.378 e. The zero-order chi connectivity index (χ0) is 20.4. The molecule has 0 aliphatic carbocycles. The zero-order valence-electron chi connectivity index (χ0n) is 17.1. The van der Waals surface area contributed by atoms with Gasteiger partial charge in [0, 0.05) is 50.8 Å². The molecule has 0 radical (unpaired) electrons. The molecule has 0 N–H and O–H groups in total. The van der Waals surface area contributed by atoms with E-state index in [-0.39, 0.29) is 17.7 Å². The van der Waals surface area contributed by atoms with Gasteiger partial charge in [0.25, 0.3) is 5.89 Å². The minimum atomic E-state index is -0.0241. The summed E-state index contributed by atoms with van der Waals surface area (Å²) in [5.41, 5.74) is 3.23. The smallest absolute Gasteiger partial charge is 0.257 e. The molecule has 29 heavy (non-hydrogen) atoms. The lowest BCUT2D eigenvalue weighted by molar-refractivity contribution is -0.127. The van der Waals surface area contributed by atoms with Crippen molar-refractivity contribution >= 4 is 11.6 Å². The Bertz CT molecular complexity index is 966. The SMILES string of the molecule is CC(CN1CC(c2noc(-c3ccc(N(C)C)cc3)n2)CC1=O)c1ccccc1. The standard InChI is InChI=1S/C23H26N4O2/c1-16(17-7-5-4-6-8-17)14-27-15-19(13-21(27)28)22-24-23(29-25-22)18-9-11-20(12-10-18)26(2)3/h4-12,16,19H,13-15H2,1-3H3. The topological polar surface area (TPSA) is 62.5 Å². The van der Waals surface area contributed by atoms with Crippen molar-refractivity contribution in [1.82, 2.24) is 15.0 Å². The number of amides is 1. The first kappa shape index (κ1) is 19.2. The molecule has 150 valence electrons. The molecule has 3 aromatic rings. The van der Waals surface area contributed by atoms with Crippen molar-refractivity contribution in [3.8, 4) is 11.5 Å². The number of likely N-dealkylation sites (tertiary alicyclic amines) is 1. The Kier molecular flexibility index (Phi) is 5.34. The van der Waals surface area contributed by atoms with E-state index >= 15 is 0 Å². The van der Waals surface area contributed by atoms with Gasteiger partial charge in [-0.15, -0.1) is 0 Å². The quantitative estimate of drug-likeness (QED) is 0.638. The fraction of sp³-hybridized carbons (Fsp3) is 0.348. The third kappa shape index (κ3) is 4.16. The predicted molar refractivity (Wildman–Crippen MR) is 113 cm³/mol. The number of anilines is 1. The van der Waals surface area contributed by atoms with Gasteiger partial charge in [0.1, 0.15) is 0 Å². The third-order valence-electron chi connectivity index (χ3n) is 5.51. The Morgan fingerprint density at radius 3 is 2.55 bits per heavy atom. The van der Waals surface area contributed by atoms with Gasteiger partial charge >= 0.3 is 0 Å². The number of benzene rings is 2. The first-order chi connectivity index (χ1) is 14.0. The van der Waals surface area contributed by atoms with Gasteiger partial charge in [-0.2, -0.15) is 4.98 Å². The van der Waals surface area contributed by atoms with Gasteiger partial charge in [-0.3, -0.25) is 4.79 Å². The summed E-state index contributed by atoms with van der Waals surface area (Å²) in [6.45, 7) is 3.49. The van der Waals surface area contributed by atoms with Crippen molar-refractivity contribution in [2.45, 2.75) is 25.2 Å². The number of carbonyl (C=O) groups excluding carboxylic acids is 1. The normalized spacial score (nSPS) is 17.6. The average molecular weight is 390 g/mol. The highest BCUT2D eigenvalue weighted by Gasteiger charge is 2.34. The van der Waals surface area contributed by atoms with Crippen LogP contribution in [-0.4, -0.2) is 48.1 Å². The summed E-state index contributed by atoms with van der Waals surface area (Å²) >= 11 is 0. The highest BCUT2D eigenvalue weighted by atomic mass is 16.5. The van der Waals surface area contributed by atoms with E-state index in [1.165, 1.54) is 5.56 Å². The lowest BCUT2D eigenvalue weighted by Gasteiger charge is -2.21. The summed E-state index contributed by atoms with van der Waals surface area (Å²) in [4.78, 5) is 21.1. The number of carbonyl (C=O) groups is 1. The van der Waals surface area contributed by atoms with Crippen molar-refractivity contribution in [3.05, 3.63) is 66.0 Å². The summed E-state index contributed by atoms with van der Waals surface area (Å²) in [6, 6.07) is 18.3. The van der Waals surface area contributed by atoms with Crippen LogP contribution in [0.2, 0.25) is 0 Å². The molecule has 0 spiro atoms. The Morgan fingerprint density at radius 1 is 1.14 bits per heavy atom. The van der Waals surface area contributed by atoms with Crippen LogP contribution < -0.4 is 4.90 Å². The van der Waals surface area contributed by atoms with Crippen LogP contribution >= 0.6 is 0 Å². The van der Waals surface area contributed by atoms with E-state index in [4.69, 9.17) is 4.52 Å². The minimum absolute atomic E-state index is 0.0241. The number of aromatic nitrogens is 2. The highest BCUT2D eigenvalue weighted by molar-refractivity contribution is 5.79. The molecule has 2 heterocycles. The maximum atomic E-state index is 12.5. The van der Waals surface area contributed by atoms with E-state index < -0.39 is 0 Å². The van der Waals surface area contributed by atoms with E-state index in [0.29, 0.717) is 31.2 Å². The highest BCUT2D eigenvalue weighted by Crippen LogP contribution is 2.30. The zero-order valence-corrected chi connectivity index (χ0v) is 17.1. The molecule has 1 fully saturated rings. The van der Waals surface area contributed by atoms with Crippen LogP contribution in [0.5, 0.6) is 0 Å². The van der Waals surface area contributed by atoms with Crippen molar-refractivity contribution < 1.29 is 9.32 Å². The summed E-state index contributed by atoms with van der Waals surface area (Å²) in [7, 11) is 4.00. The molecule has 1 aromatic heterocycles. The van der Waals surface area contributed by atoms with Gasteiger partial charge in [-0.05, 0) is 35.7 Å². The molecule has 1 saturated heterocycles. The van der Waals surface area contributed by atoms with E-state index in [1.807, 2.05) is 66.4 Å². The first-order valence-corrected chi connectivity index (χ1v) is 9.95. The number of hydrogen-bond acceptors (Lipinski definition) is 5. The predicted octanol–water partition coefficient (Wildman–Crippen LogP) is 3.92. The molecular formula is C23H26N4O2. The third-order valence-corrected chi connectivity index (χ3v) is 5.51. The Morgan fingerprint density at radius 2 is 1.86 bits per heavy atom. The molecule has 1 aliphatic heterocycles. The summed E-state index contributed by atoms with van der Waals surface area (Å²) < 4.78 is 5.48. The van der Waals surface area contributed by atoms with Crippen LogP contribution in [0, 0.1) is 0 Å². The molecule has 2 unspecified atom stereocenters. The van der Waals surface area contributed by atoms with Crippen LogP contribution in [-0.2, 0) is 4.79 Å². The molecule has 2 atom stereocenters. The minimum Gasteiger partial charge on any atom is -0.378 e. The maximum absolute atomic E-state index is 12.5. The second-order valence-corrected chi connectivity index (χ2v) is 7.91. The first-order valence-electron chi connectivity index (χ1n) is 9.95. The van der Waals surface area contributed by atoms with Gasteiger partial charge < -0.3 is 14.3 Å². The molecule has 1 amide bonds. The average Bonchev–Trinajstić information content (AvgIpc) is 3.36. The fourth-order valence-electron chi connectivity index (χ4n) is 3.76. The van der Waals surface area contributed by atoms with Crippen LogP contribution in [0.4, 0.5) is 5.69 Å². The van der Waals surface area contributed by atoms with Gasteiger partial charge in [0.05, 0.1) is 0 Å². The molecular weight excluding hydrogens is 364 g/mol. The van der Waals surface area contributed by atoms with Gasteiger partial charge in [-0.1, -0.05) is 42.4 Å². The maximum Gasteiger partial charge on any atom is 0.257 e. The molecule has 4 rings (SSSR count). The molecule has 2 aromatic carbocycles. The van der Waals surface area contributed by atoms with E-state index in [1.54, 1.807) is 0 Å². The lowest BCUT2D eigenvalue weighted by Crippen LogP contribution is -2.29. The van der Waals surface area contributed by atoms with Crippen LogP contribution in [0.25, 0.3) is 11.5 Å². The van der Waals surface area contributed by atoms with E-state index in [2.05, 4.69) is 29.2 Å². The van der Waals surface area contributed by atoms with Crippen molar-refractivity contribution in [2.75, 3.05) is 32.1 Å². The second kappa shape index (κ2) is 8.07. The Balaban J connectivity index is 1.43. The van der Waals surface area contributed by atoms with Gasteiger partial charge in [0.15, 0.2) is 5.82 Å². The second-order valence-electron chi connectivity index (χ2n) is 7.91. The van der Waals surface area contributed by atoms with E-state index in [9.17, 15) is 4.79 Å². The van der Waals surface area contributed by atoms with Crippen LogP contribution in [0.3, 0.4) is 0 Å². The van der Waals surface area contributed by atoms with Crippen molar-refractivity contribution in [2.24, 2.45) is 0 Å². The summed E-state index contributed by atoms with van der Waals surface area (Å²) in [6.07, 6.45) is 0.431. The molecule has 6 heteroatoms. The van der Waals surface area contributed by atoms with Crippen LogP contribution in [0.15, 0.2) is 59.1 Å². The lowest BCUT2D eigenvalue weighted by atomic mass is 10.0. The van der Waals surface area contributed by atoms with Crippen LogP contribution in [0.1, 0.15) is 36.6 Å². The molecule has 6 nitrogen and oxygen atoms in total. The molecule has 0 bridgehead atoms. The summed E-state index contributed by atoms with van der Waals surface area (Å²) in [5, 5.41) is 4.16.